The summed E-state index contributed by atoms with van der Waals surface area (Å²) >= 11 is 0. The van der Waals surface area contributed by atoms with Crippen molar-refractivity contribution in [1.29, 1.82) is 0 Å². The molecule has 3 atom stereocenters. The molecule has 1 aliphatic heterocycles. The number of benzene rings is 1. The van der Waals surface area contributed by atoms with E-state index in [4.69, 9.17) is 0 Å². The van der Waals surface area contributed by atoms with E-state index in [1.807, 2.05) is 0 Å². The van der Waals surface area contributed by atoms with Gasteiger partial charge in [0.2, 0.25) is 0 Å². The summed E-state index contributed by atoms with van der Waals surface area (Å²) in [7, 11) is 2.08. The maximum atomic E-state index is 3.50. The molecule has 0 aliphatic carbocycles. The third kappa shape index (κ3) is 3.58. The minimum Gasteiger partial charge on any atom is -0.313 e. The van der Waals surface area contributed by atoms with Gasteiger partial charge in [-0.1, -0.05) is 44.2 Å². The molecule has 1 fully saturated rings. The standard InChI is InChI=1S/C17H28N2/c1-4-16-11-8-12-19(16)13-14(2)17(18-3)15-9-6-5-7-10-15/h5-7,9-10,14,16-18H,4,8,11-13H2,1-3H3. The number of likely N-dealkylation sites (tertiary alicyclic amines) is 1. The molecule has 106 valence electrons. The van der Waals surface area contributed by atoms with Gasteiger partial charge in [0.05, 0.1) is 0 Å². The fraction of sp³-hybridized carbons (Fsp3) is 0.647. The van der Waals surface area contributed by atoms with Crippen LogP contribution in [-0.2, 0) is 0 Å². The molecule has 0 bridgehead atoms. The molecule has 2 nitrogen and oxygen atoms in total. The van der Waals surface area contributed by atoms with E-state index in [9.17, 15) is 0 Å². The lowest BCUT2D eigenvalue weighted by Crippen LogP contribution is -2.37. The van der Waals surface area contributed by atoms with Gasteiger partial charge in [-0.2, -0.15) is 0 Å². The Balaban J connectivity index is 1.99. The van der Waals surface area contributed by atoms with Crippen LogP contribution in [0.15, 0.2) is 30.3 Å². The highest BCUT2D eigenvalue weighted by Gasteiger charge is 2.27. The van der Waals surface area contributed by atoms with Crippen LogP contribution in [0.2, 0.25) is 0 Å². The zero-order valence-corrected chi connectivity index (χ0v) is 12.6. The Bertz CT molecular complexity index is 363. The van der Waals surface area contributed by atoms with Crippen LogP contribution >= 0.6 is 0 Å². The van der Waals surface area contributed by atoms with E-state index in [0.717, 1.165) is 6.04 Å². The minimum atomic E-state index is 0.458. The molecular weight excluding hydrogens is 232 g/mol. The summed E-state index contributed by atoms with van der Waals surface area (Å²) in [4.78, 5) is 2.69. The van der Waals surface area contributed by atoms with E-state index in [1.54, 1.807) is 0 Å². The minimum absolute atomic E-state index is 0.458. The first-order valence-electron chi connectivity index (χ1n) is 7.72. The maximum Gasteiger partial charge on any atom is 0.0355 e. The van der Waals surface area contributed by atoms with Crippen molar-refractivity contribution in [3.63, 3.8) is 0 Å². The molecule has 1 saturated heterocycles. The molecule has 1 aliphatic rings. The second-order valence-electron chi connectivity index (χ2n) is 5.85. The van der Waals surface area contributed by atoms with Crippen molar-refractivity contribution < 1.29 is 0 Å². The Morgan fingerprint density at radius 1 is 1.32 bits per heavy atom. The van der Waals surface area contributed by atoms with Gasteiger partial charge in [-0.15, -0.1) is 0 Å². The third-order valence-electron chi connectivity index (χ3n) is 4.53. The average Bonchev–Trinajstić information content (AvgIpc) is 2.88. The topological polar surface area (TPSA) is 15.3 Å². The molecule has 19 heavy (non-hydrogen) atoms. The first-order valence-corrected chi connectivity index (χ1v) is 7.72. The highest BCUT2D eigenvalue weighted by atomic mass is 15.2. The Labute approximate surface area is 118 Å². The highest BCUT2D eigenvalue weighted by Crippen LogP contribution is 2.26. The first-order chi connectivity index (χ1) is 9.26. The fourth-order valence-corrected chi connectivity index (χ4v) is 3.51. The summed E-state index contributed by atoms with van der Waals surface area (Å²) in [5.41, 5.74) is 1.41. The lowest BCUT2D eigenvalue weighted by Gasteiger charge is -2.31. The van der Waals surface area contributed by atoms with Crippen LogP contribution in [0.25, 0.3) is 0 Å². The van der Waals surface area contributed by atoms with E-state index >= 15 is 0 Å². The zero-order valence-electron chi connectivity index (χ0n) is 12.6. The van der Waals surface area contributed by atoms with Gasteiger partial charge >= 0.3 is 0 Å². The van der Waals surface area contributed by atoms with Gasteiger partial charge in [0.15, 0.2) is 0 Å². The van der Waals surface area contributed by atoms with Crippen molar-refractivity contribution in [3.05, 3.63) is 35.9 Å². The lowest BCUT2D eigenvalue weighted by molar-refractivity contribution is 0.195. The molecule has 1 aromatic rings. The number of hydrogen-bond donors (Lipinski definition) is 1. The molecule has 2 heteroatoms. The van der Waals surface area contributed by atoms with Crippen LogP contribution in [0.1, 0.15) is 44.7 Å². The normalized spacial score (nSPS) is 23.4. The molecule has 1 N–H and O–H groups in total. The van der Waals surface area contributed by atoms with E-state index in [2.05, 4.69) is 61.4 Å². The molecule has 2 rings (SSSR count). The van der Waals surface area contributed by atoms with Crippen LogP contribution in [0, 0.1) is 5.92 Å². The molecule has 1 aromatic carbocycles. The predicted octanol–water partition coefficient (Wildman–Crippen LogP) is 3.46. The van der Waals surface area contributed by atoms with Crippen molar-refractivity contribution >= 4 is 0 Å². The lowest BCUT2D eigenvalue weighted by atomic mass is 9.94. The number of hydrogen-bond acceptors (Lipinski definition) is 2. The van der Waals surface area contributed by atoms with Crippen molar-refractivity contribution in [3.8, 4) is 0 Å². The van der Waals surface area contributed by atoms with Crippen molar-refractivity contribution in [1.82, 2.24) is 10.2 Å². The smallest absolute Gasteiger partial charge is 0.0355 e. The third-order valence-corrected chi connectivity index (χ3v) is 4.53. The summed E-state index contributed by atoms with van der Waals surface area (Å²) in [6.07, 6.45) is 4.06. The second kappa shape index (κ2) is 7.06. The molecular formula is C17H28N2. The SMILES string of the molecule is CCC1CCCN1CC(C)C(NC)c1ccccc1. The van der Waals surface area contributed by atoms with Gasteiger partial charge in [-0.05, 0) is 44.3 Å². The molecule has 1 heterocycles. The molecule has 0 aromatic heterocycles. The molecule has 0 spiro atoms. The quantitative estimate of drug-likeness (QED) is 0.842. The van der Waals surface area contributed by atoms with Gasteiger partial charge in [-0.3, -0.25) is 0 Å². The summed E-state index contributed by atoms with van der Waals surface area (Å²) < 4.78 is 0. The summed E-state index contributed by atoms with van der Waals surface area (Å²) in [6, 6.07) is 12.1. The van der Waals surface area contributed by atoms with Crippen LogP contribution in [-0.4, -0.2) is 31.1 Å². The van der Waals surface area contributed by atoms with Crippen LogP contribution in [0.3, 0.4) is 0 Å². The monoisotopic (exact) mass is 260 g/mol. The van der Waals surface area contributed by atoms with Crippen molar-refractivity contribution in [2.75, 3.05) is 20.1 Å². The molecule has 0 radical (unpaired) electrons. The van der Waals surface area contributed by atoms with Crippen molar-refractivity contribution in [2.24, 2.45) is 5.92 Å². The number of rotatable bonds is 6. The van der Waals surface area contributed by atoms with Crippen molar-refractivity contribution in [2.45, 2.75) is 45.2 Å². The predicted molar refractivity (Wildman–Crippen MR) is 82.3 cm³/mol. The van der Waals surface area contributed by atoms with Gasteiger partial charge < -0.3 is 10.2 Å². The summed E-state index contributed by atoms with van der Waals surface area (Å²) in [5.74, 6) is 0.638. The summed E-state index contributed by atoms with van der Waals surface area (Å²) in [5, 5.41) is 3.50. The van der Waals surface area contributed by atoms with Gasteiger partial charge in [-0.25, -0.2) is 0 Å². The average molecular weight is 260 g/mol. The second-order valence-corrected chi connectivity index (χ2v) is 5.85. The van der Waals surface area contributed by atoms with Gasteiger partial charge in [0.1, 0.15) is 0 Å². The number of nitrogens with one attached hydrogen (secondary N) is 1. The van der Waals surface area contributed by atoms with E-state index in [-0.39, 0.29) is 0 Å². The van der Waals surface area contributed by atoms with Crippen LogP contribution in [0.5, 0.6) is 0 Å². The van der Waals surface area contributed by atoms with Crippen LogP contribution < -0.4 is 5.32 Å². The molecule has 0 saturated carbocycles. The van der Waals surface area contributed by atoms with E-state index in [0.29, 0.717) is 12.0 Å². The Morgan fingerprint density at radius 2 is 2.05 bits per heavy atom. The molecule has 3 unspecified atom stereocenters. The Hall–Kier alpha value is -0.860. The van der Waals surface area contributed by atoms with Gasteiger partial charge in [0, 0.05) is 18.6 Å². The zero-order chi connectivity index (χ0) is 13.7. The van der Waals surface area contributed by atoms with Crippen LogP contribution in [0.4, 0.5) is 0 Å². The fourth-order valence-electron chi connectivity index (χ4n) is 3.51. The van der Waals surface area contributed by atoms with E-state index in [1.165, 1.54) is 37.9 Å². The van der Waals surface area contributed by atoms with Gasteiger partial charge in [0.25, 0.3) is 0 Å². The highest BCUT2D eigenvalue weighted by molar-refractivity contribution is 5.19. The number of nitrogens with zero attached hydrogens (tertiary/aromatic N) is 1. The summed E-state index contributed by atoms with van der Waals surface area (Å²) in [6.45, 7) is 7.19. The Morgan fingerprint density at radius 3 is 2.68 bits per heavy atom. The Kier molecular flexibility index (Phi) is 5.41. The molecule has 0 amide bonds. The first kappa shape index (κ1) is 14.5. The largest absolute Gasteiger partial charge is 0.313 e. The van der Waals surface area contributed by atoms with E-state index < -0.39 is 0 Å². The maximum absolute atomic E-state index is 3.50.